The number of nitrogens with zero attached hydrogens (tertiary/aromatic N) is 1. The van der Waals surface area contributed by atoms with Crippen molar-refractivity contribution in [3.05, 3.63) is 0 Å². The van der Waals surface area contributed by atoms with Crippen molar-refractivity contribution in [2.45, 2.75) is 25.3 Å². The Labute approximate surface area is 78.9 Å². The van der Waals surface area contributed by atoms with E-state index in [1.165, 1.54) is 11.4 Å². The van der Waals surface area contributed by atoms with Crippen LogP contribution >= 0.6 is 0 Å². The van der Waals surface area contributed by atoms with Crippen LogP contribution in [0.5, 0.6) is 0 Å². The molecule has 1 fully saturated rings. The van der Waals surface area contributed by atoms with Crippen LogP contribution < -0.4 is 4.72 Å². The third-order valence-corrected chi connectivity index (χ3v) is 3.96. The Morgan fingerprint density at radius 3 is 2.77 bits per heavy atom. The fourth-order valence-corrected chi connectivity index (χ4v) is 2.76. The molecule has 6 heteroatoms. The molecule has 1 aliphatic heterocycles. The van der Waals surface area contributed by atoms with Gasteiger partial charge in [0.2, 0.25) is 0 Å². The molecule has 78 valence electrons. The summed E-state index contributed by atoms with van der Waals surface area (Å²) in [4.78, 5) is 0. The summed E-state index contributed by atoms with van der Waals surface area (Å²) in [6.07, 6.45) is 2.61. The zero-order valence-corrected chi connectivity index (χ0v) is 8.55. The predicted molar refractivity (Wildman–Crippen MR) is 49.4 cm³/mol. The lowest BCUT2D eigenvalue weighted by molar-refractivity contribution is 0.154. The molecule has 2 N–H and O–H groups in total. The zero-order chi connectivity index (χ0) is 9.90. The van der Waals surface area contributed by atoms with Crippen molar-refractivity contribution in [1.29, 1.82) is 0 Å². The van der Waals surface area contributed by atoms with Crippen molar-refractivity contribution in [2.24, 2.45) is 0 Å². The van der Waals surface area contributed by atoms with Gasteiger partial charge in [0, 0.05) is 19.6 Å². The minimum Gasteiger partial charge on any atom is -0.395 e. The standard InChI is InChI=1S/C7H16N2O3S/c1-8-13(11,12)9-5-3-2-4-7(9)6-10/h7-8,10H,2-6H2,1H3. The average molecular weight is 208 g/mol. The van der Waals surface area contributed by atoms with Crippen LogP contribution in [0.2, 0.25) is 0 Å². The molecule has 13 heavy (non-hydrogen) atoms. The fraction of sp³-hybridized carbons (Fsp3) is 1.00. The summed E-state index contributed by atoms with van der Waals surface area (Å²) in [7, 11) is -1.97. The van der Waals surface area contributed by atoms with Crippen molar-refractivity contribution in [3.8, 4) is 0 Å². The van der Waals surface area contributed by atoms with E-state index < -0.39 is 10.2 Å². The summed E-state index contributed by atoms with van der Waals surface area (Å²) < 4.78 is 26.5. The molecule has 1 atom stereocenters. The first-order chi connectivity index (χ1) is 6.11. The second-order valence-electron chi connectivity index (χ2n) is 3.15. The van der Waals surface area contributed by atoms with E-state index >= 15 is 0 Å². The van der Waals surface area contributed by atoms with Crippen molar-refractivity contribution < 1.29 is 13.5 Å². The van der Waals surface area contributed by atoms with Gasteiger partial charge in [-0.1, -0.05) is 6.42 Å². The van der Waals surface area contributed by atoms with E-state index in [-0.39, 0.29) is 12.6 Å². The monoisotopic (exact) mass is 208 g/mol. The van der Waals surface area contributed by atoms with Crippen LogP contribution in [0.4, 0.5) is 0 Å². The number of hydrogen-bond donors (Lipinski definition) is 2. The summed E-state index contributed by atoms with van der Waals surface area (Å²) in [5.41, 5.74) is 0. The summed E-state index contributed by atoms with van der Waals surface area (Å²) in [5.74, 6) is 0. The van der Waals surface area contributed by atoms with E-state index in [1.54, 1.807) is 0 Å². The van der Waals surface area contributed by atoms with E-state index in [1.807, 2.05) is 0 Å². The quantitative estimate of drug-likeness (QED) is 0.644. The molecule has 0 aromatic carbocycles. The lowest BCUT2D eigenvalue weighted by Crippen LogP contribution is -2.49. The van der Waals surface area contributed by atoms with E-state index in [0.29, 0.717) is 6.54 Å². The van der Waals surface area contributed by atoms with Gasteiger partial charge in [-0.2, -0.15) is 12.7 Å². The van der Waals surface area contributed by atoms with Crippen LogP contribution in [0.1, 0.15) is 19.3 Å². The molecule has 0 radical (unpaired) electrons. The van der Waals surface area contributed by atoms with E-state index in [0.717, 1.165) is 19.3 Å². The number of nitrogens with one attached hydrogen (secondary N) is 1. The molecule has 0 saturated carbocycles. The Bertz CT molecular complexity index is 252. The SMILES string of the molecule is CNS(=O)(=O)N1CCCCC1CO. The highest BCUT2D eigenvalue weighted by Crippen LogP contribution is 2.18. The molecule has 1 aliphatic rings. The average Bonchev–Trinajstić information content (AvgIpc) is 2.18. The molecule has 1 saturated heterocycles. The first-order valence-electron chi connectivity index (χ1n) is 4.43. The maximum absolute atomic E-state index is 11.4. The summed E-state index contributed by atoms with van der Waals surface area (Å²) in [5, 5.41) is 8.99. The molecular formula is C7H16N2O3S. The summed E-state index contributed by atoms with van der Waals surface area (Å²) >= 11 is 0. The normalized spacial score (nSPS) is 26.2. The van der Waals surface area contributed by atoms with Gasteiger partial charge in [0.05, 0.1) is 6.61 Å². The van der Waals surface area contributed by atoms with Crippen molar-refractivity contribution in [3.63, 3.8) is 0 Å². The van der Waals surface area contributed by atoms with Crippen molar-refractivity contribution in [1.82, 2.24) is 9.03 Å². The first kappa shape index (κ1) is 10.9. The molecule has 5 nitrogen and oxygen atoms in total. The number of piperidine rings is 1. The first-order valence-corrected chi connectivity index (χ1v) is 5.87. The van der Waals surface area contributed by atoms with Crippen LogP contribution in [0.15, 0.2) is 0 Å². The highest BCUT2D eigenvalue weighted by molar-refractivity contribution is 7.87. The molecule has 0 spiro atoms. The van der Waals surface area contributed by atoms with Crippen LogP contribution in [0.25, 0.3) is 0 Å². The Morgan fingerprint density at radius 2 is 2.23 bits per heavy atom. The molecule has 0 aromatic heterocycles. The molecule has 0 aliphatic carbocycles. The van der Waals surface area contributed by atoms with Gasteiger partial charge in [0.25, 0.3) is 10.2 Å². The Morgan fingerprint density at radius 1 is 1.54 bits per heavy atom. The zero-order valence-electron chi connectivity index (χ0n) is 7.73. The van der Waals surface area contributed by atoms with Crippen molar-refractivity contribution in [2.75, 3.05) is 20.2 Å². The van der Waals surface area contributed by atoms with Crippen molar-refractivity contribution >= 4 is 10.2 Å². The third kappa shape index (κ3) is 2.40. The lowest BCUT2D eigenvalue weighted by atomic mass is 10.1. The topological polar surface area (TPSA) is 69.6 Å². The molecule has 0 aromatic rings. The van der Waals surface area contributed by atoms with E-state index in [9.17, 15) is 8.42 Å². The number of rotatable bonds is 3. The Balaban J connectivity index is 2.75. The highest BCUT2D eigenvalue weighted by atomic mass is 32.2. The number of aliphatic hydroxyl groups is 1. The van der Waals surface area contributed by atoms with Gasteiger partial charge in [0.15, 0.2) is 0 Å². The molecule has 1 heterocycles. The van der Waals surface area contributed by atoms with Gasteiger partial charge in [-0.15, -0.1) is 0 Å². The lowest BCUT2D eigenvalue weighted by Gasteiger charge is -2.32. The number of hydrogen-bond acceptors (Lipinski definition) is 3. The molecule has 0 bridgehead atoms. The minimum atomic E-state index is -3.36. The second-order valence-corrected chi connectivity index (χ2v) is 4.98. The van der Waals surface area contributed by atoms with E-state index in [2.05, 4.69) is 4.72 Å². The minimum absolute atomic E-state index is 0.0963. The Hall–Kier alpha value is -0.170. The maximum atomic E-state index is 11.4. The summed E-state index contributed by atoms with van der Waals surface area (Å²) in [6.45, 7) is 0.412. The molecule has 0 amide bonds. The van der Waals surface area contributed by atoms with Gasteiger partial charge >= 0.3 is 0 Å². The molecule has 1 unspecified atom stereocenters. The van der Waals surface area contributed by atoms with Gasteiger partial charge in [-0.25, -0.2) is 4.72 Å². The predicted octanol–water partition coefficient (Wildman–Crippen LogP) is -0.703. The smallest absolute Gasteiger partial charge is 0.279 e. The Kier molecular flexibility index (Phi) is 3.66. The molecule has 1 rings (SSSR count). The highest BCUT2D eigenvalue weighted by Gasteiger charge is 2.30. The third-order valence-electron chi connectivity index (χ3n) is 2.35. The van der Waals surface area contributed by atoms with Crippen LogP contribution in [0.3, 0.4) is 0 Å². The van der Waals surface area contributed by atoms with Gasteiger partial charge < -0.3 is 5.11 Å². The van der Waals surface area contributed by atoms with Gasteiger partial charge in [-0.05, 0) is 12.8 Å². The van der Waals surface area contributed by atoms with Crippen LogP contribution in [-0.4, -0.2) is 44.1 Å². The number of aliphatic hydroxyl groups excluding tert-OH is 1. The molecular weight excluding hydrogens is 192 g/mol. The maximum Gasteiger partial charge on any atom is 0.279 e. The van der Waals surface area contributed by atoms with Gasteiger partial charge in [-0.3, -0.25) is 0 Å². The fourth-order valence-electron chi connectivity index (χ4n) is 1.59. The summed E-state index contributed by atoms with van der Waals surface area (Å²) in [6, 6.07) is -0.244. The van der Waals surface area contributed by atoms with E-state index in [4.69, 9.17) is 5.11 Å². The second kappa shape index (κ2) is 4.36. The van der Waals surface area contributed by atoms with Gasteiger partial charge in [0.1, 0.15) is 0 Å². The largest absolute Gasteiger partial charge is 0.395 e. The van der Waals surface area contributed by atoms with Crippen LogP contribution in [0, 0.1) is 0 Å². The van der Waals surface area contributed by atoms with Crippen LogP contribution in [-0.2, 0) is 10.2 Å².